The van der Waals surface area contributed by atoms with Crippen molar-refractivity contribution in [3.8, 4) is 0 Å². The van der Waals surface area contributed by atoms with Crippen LogP contribution in [0.2, 0.25) is 5.02 Å². The summed E-state index contributed by atoms with van der Waals surface area (Å²) < 4.78 is 0. The van der Waals surface area contributed by atoms with Crippen molar-refractivity contribution in [3.05, 3.63) is 34.9 Å². The van der Waals surface area contributed by atoms with E-state index in [0.29, 0.717) is 5.92 Å². The molecule has 1 heterocycles. The minimum atomic E-state index is -0.0725. The second kappa shape index (κ2) is 5.65. The first-order valence-electron chi connectivity index (χ1n) is 5.55. The van der Waals surface area contributed by atoms with E-state index in [1.165, 1.54) is 5.56 Å². The van der Waals surface area contributed by atoms with Gasteiger partial charge in [-0.3, -0.25) is 0 Å². The second-order valence-electron chi connectivity index (χ2n) is 4.19. The Kier molecular flexibility index (Phi) is 4.18. The SMILES string of the molecule is CC1CNC(=O)NC1SCc1ccc(Cl)cc1. The predicted molar refractivity (Wildman–Crippen MR) is 72.2 cm³/mol. The van der Waals surface area contributed by atoms with E-state index in [1.54, 1.807) is 11.8 Å². The average Bonchev–Trinajstić information content (AvgIpc) is 2.32. The van der Waals surface area contributed by atoms with Crippen LogP contribution in [0.4, 0.5) is 4.79 Å². The van der Waals surface area contributed by atoms with Gasteiger partial charge in [-0.05, 0) is 17.7 Å². The lowest BCUT2D eigenvalue weighted by molar-refractivity contribution is 0.227. The number of nitrogens with one attached hydrogen (secondary N) is 2. The summed E-state index contributed by atoms with van der Waals surface area (Å²) in [6.07, 6.45) is 0. The molecule has 1 aromatic rings. The topological polar surface area (TPSA) is 41.1 Å². The molecule has 5 heteroatoms. The molecule has 0 saturated carbocycles. The molecule has 1 saturated heterocycles. The zero-order valence-corrected chi connectivity index (χ0v) is 11.1. The van der Waals surface area contributed by atoms with Gasteiger partial charge in [0.05, 0.1) is 5.37 Å². The fourth-order valence-corrected chi connectivity index (χ4v) is 2.96. The summed E-state index contributed by atoms with van der Waals surface area (Å²) in [5, 5.41) is 6.65. The molecule has 1 aromatic carbocycles. The molecule has 0 bridgehead atoms. The highest BCUT2D eigenvalue weighted by Crippen LogP contribution is 2.23. The molecule has 1 aliphatic heterocycles. The van der Waals surface area contributed by atoms with Crippen molar-refractivity contribution in [3.63, 3.8) is 0 Å². The van der Waals surface area contributed by atoms with E-state index in [4.69, 9.17) is 11.6 Å². The van der Waals surface area contributed by atoms with Crippen molar-refractivity contribution in [2.75, 3.05) is 6.54 Å². The first kappa shape index (κ1) is 12.6. The standard InChI is InChI=1S/C12H15ClN2OS/c1-8-6-14-12(16)15-11(8)17-7-9-2-4-10(13)5-3-9/h2-5,8,11H,6-7H2,1H3,(H2,14,15,16). The summed E-state index contributed by atoms with van der Waals surface area (Å²) in [6.45, 7) is 2.87. The van der Waals surface area contributed by atoms with E-state index in [-0.39, 0.29) is 11.4 Å². The number of thioether (sulfide) groups is 1. The molecule has 0 radical (unpaired) electrons. The van der Waals surface area contributed by atoms with Crippen LogP contribution in [0.3, 0.4) is 0 Å². The van der Waals surface area contributed by atoms with Gasteiger partial charge in [-0.1, -0.05) is 30.7 Å². The number of carbonyl (C=O) groups excluding carboxylic acids is 1. The lowest BCUT2D eigenvalue weighted by Crippen LogP contribution is -2.52. The van der Waals surface area contributed by atoms with Gasteiger partial charge in [-0.2, -0.15) is 0 Å². The van der Waals surface area contributed by atoms with Crippen LogP contribution < -0.4 is 10.6 Å². The zero-order chi connectivity index (χ0) is 12.3. The number of urea groups is 1. The molecule has 0 aliphatic carbocycles. The van der Waals surface area contributed by atoms with Gasteiger partial charge in [0.2, 0.25) is 0 Å². The summed E-state index contributed by atoms with van der Waals surface area (Å²) >= 11 is 7.58. The van der Waals surface area contributed by atoms with Gasteiger partial charge in [0, 0.05) is 23.2 Å². The number of hydrogen-bond acceptors (Lipinski definition) is 2. The molecular formula is C12H15ClN2OS. The van der Waals surface area contributed by atoms with Crippen molar-refractivity contribution in [1.29, 1.82) is 0 Å². The monoisotopic (exact) mass is 270 g/mol. The largest absolute Gasteiger partial charge is 0.338 e. The lowest BCUT2D eigenvalue weighted by atomic mass is 10.1. The van der Waals surface area contributed by atoms with Crippen molar-refractivity contribution >= 4 is 29.4 Å². The van der Waals surface area contributed by atoms with Crippen molar-refractivity contribution in [2.45, 2.75) is 18.1 Å². The maximum atomic E-state index is 11.2. The Morgan fingerprint density at radius 2 is 2.12 bits per heavy atom. The third-order valence-electron chi connectivity index (χ3n) is 2.72. The number of halogens is 1. The van der Waals surface area contributed by atoms with Gasteiger partial charge in [0.15, 0.2) is 0 Å². The Hall–Kier alpha value is -0.870. The van der Waals surface area contributed by atoms with Crippen LogP contribution in [0.25, 0.3) is 0 Å². The average molecular weight is 271 g/mol. The highest BCUT2D eigenvalue weighted by atomic mass is 35.5. The highest BCUT2D eigenvalue weighted by molar-refractivity contribution is 7.99. The summed E-state index contributed by atoms with van der Waals surface area (Å²) in [5.74, 6) is 1.32. The molecule has 0 spiro atoms. The lowest BCUT2D eigenvalue weighted by Gasteiger charge is -2.29. The Morgan fingerprint density at radius 1 is 1.41 bits per heavy atom. The number of amides is 2. The van der Waals surface area contributed by atoms with Crippen LogP contribution in [0.5, 0.6) is 0 Å². The zero-order valence-electron chi connectivity index (χ0n) is 9.57. The second-order valence-corrected chi connectivity index (χ2v) is 5.76. The number of hydrogen-bond donors (Lipinski definition) is 2. The van der Waals surface area contributed by atoms with E-state index in [2.05, 4.69) is 17.6 Å². The molecular weight excluding hydrogens is 256 g/mol. The third-order valence-corrected chi connectivity index (χ3v) is 4.41. The van der Waals surface area contributed by atoms with Gasteiger partial charge < -0.3 is 10.6 Å². The Morgan fingerprint density at radius 3 is 2.82 bits per heavy atom. The molecule has 2 rings (SSSR count). The number of carbonyl (C=O) groups is 1. The van der Waals surface area contributed by atoms with Crippen LogP contribution in [0, 0.1) is 5.92 Å². The smallest absolute Gasteiger partial charge is 0.315 e. The quantitative estimate of drug-likeness (QED) is 0.887. The van der Waals surface area contributed by atoms with E-state index in [1.807, 2.05) is 24.3 Å². The first-order valence-corrected chi connectivity index (χ1v) is 6.98. The van der Waals surface area contributed by atoms with E-state index in [9.17, 15) is 4.79 Å². The molecule has 92 valence electrons. The Balaban J connectivity index is 1.88. The molecule has 1 aliphatic rings. The molecule has 2 unspecified atom stereocenters. The Bertz CT molecular complexity index is 396. The highest BCUT2D eigenvalue weighted by Gasteiger charge is 2.24. The van der Waals surface area contributed by atoms with Crippen LogP contribution in [-0.2, 0) is 5.75 Å². The molecule has 1 fully saturated rings. The molecule has 2 atom stereocenters. The first-order chi connectivity index (χ1) is 8.15. The van der Waals surface area contributed by atoms with Crippen molar-refractivity contribution in [1.82, 2.24) is 10.6 Å². The van der Waals surface area contributed by atoms with Crippen LogP contribution in [0.15, 0.2) is 24.3 Å². The number of rotatable bonds is 3. The summed E-state index contributed by atoms with van der Waals surface area (Å²) in [7, 11) is 0. The fraction of sp³-hybridized carbons (Fsp3) is 0.417. The fourth-order valence-electron chi connectivity index (χ4n) is 1.66. The molecule has 2 amide bonds. The summed E-state index contributed by atoms with van der Waals surface area (Å²) in [5.41, 5.74) is 1.22. The third kappa shape index (κ3) is 3.54. The summed E-state index contributed by atoms with van der Waals surface area (Å²) in [6, 6.07) is 7.74. The van der Waals surface area contributed by atoms with Gasteiger partial charge in [-0.25, -0.2) is 4.79 Å². The van der Waals surface area contributed by atoms with Crippen LogP contribution >= 0.6 is 23.4 Å². The van der Waals surface area contributed by atoms with Crippen LogP contribution in [0.1, 0.15) is 12.5 Å². The summed E-state index contributed by atoms with van der Waals surface area (Å²) in [4.78, 5) is 11.2. The maximum absolute atomic E-state index is 11.2. The Labute approximate surface area is 110 Å². The predicted octanol–water partition coefficient (Wildman–Crippen LogP) is 2.85. The van der Waals surface area contributed by atoms with Gasteiger partial charge in [0.25, 0.3) is 0 Å². The van der Waals surface area contributed by atoms with Crippen molar-refractivity contribution in [2.24, 2.45) is 5.92 Å². The molecule has 17 heavy (non-hydrogen) atoms. The molecule has 0 aromatic heterocycles. The van der Waals surface area contributed by atoms with Gasteiger partial charge in [-0.15, -0.1) is 11.8 Å². The minimum Gasteiger partial charge on any atom is -0.338 e. The van der Waals surface area contributed by atoms with E-state index < -0.39 is 0 Å². The van der Waals surface area contributed by atoms with Crippen LogP contribution in [-0.4, -0.2) is 17.9 Å². The minimum absolute atomic E-state index is 0.0725. The molecule has 3 nitrogen and oxygen atoms in total. The number of benzene rings is 1. The maximum Gasteiger partial charge on any atom is 0.315 e. The molecule has 2 N–H and O–H groups in total. The van der Waals surface area contributed by atoms with Crippen molar-refractivity contribution < 1.29 is 4.79 Å². The van der Waals surface area contributed by atoms with E-state index >= 15 is 0 Å². The van der Waals surface area contributed by atoms with Gasteiger partial charge >= 0.3 is 6.03 Å². The normalized spacial score (nSPS) is 24.0. The van der Waals surface area contributed by atoms with E-state index in [0.717, 1.165) is 17.3 Å². The van der Waals surface area contributed by atoms with Gasteiger partial charge in [0.1, 0.15) is 0 Å².